The summed E-state index contributed by atoms with van der Waals surface area (Å²) in [6, 6.07) is 15.7. The van der Waals surface area contributed by atoms with Crippen molar-refractivity contribution < 1.29 is 4.52 Å². The van der Waals surface area contributed by atoms with Crippen LogP contribution in [0, 0.1) is 0 Å². The van der Waals surface area contributed by atoms with Gasteiger partial charge in [0.2, 0.25) is 0 Å². The maximum atomic E-state index is 5.17. The van der Waals surface area contributed by atoms with Crippen LogP contribution in [-0.4, -0.2) is 11.4 Å². The average molecular weight is 254 g/mol. The molecule has 0 bridgehead atoms. The molecule has 0 N–H and O–H groups in total. The summed E-state index contributed by atoms with van der Waals surface area (Å²) in [5.74, 6) is 0.516. The lowest BCUT2D eigenvalue weighted by Gasteiger charge is -1.88. The van der Waals surface area contributed by atoms with E-state index in [0.717, 1.165) is 16.1 Å². The summed E-state index contributed by atoms with van der Waals surface area (Å²) >= 11 is 1.63. The van der Waals surface area contributed by atoms with Crippen LogP contribution < -0.4 is 0 Å². The van der Waals surface area contributed by atoms with Crippen LogP contribution in [0.5, 0.6) is 0 Å². The third-order valence-corrected chi connectivity index (χ3v) is 3.30. The lowest BCUT2D eigenvalue weighted by Crippen LogP contribution is -1.76. The van der Waals surface area contributed by atoms with E-state index in [-0.39, 0.29) is 0 Å². The molecule has 18 heavy (non-hydrogen) atoms. The fourth-order valence-electron chi connectivity index (χ4n) is 1.54. The molecule has 0 unspecified atom stereocenters. The van der Waals surface area contributed by atoms with E-state index in [2.05, 4.69) is 10.1 Å². The van der Waals surface area contributed by atoms with Crippen LogP contribution in [0.15, 0.2) is 63.4 Å². The highest BCUT2D eigenvalue weighted by atomic mass is 32.1. The van der Waals surface area contributed by atoms with Crippen molar-refractivity contribution in [1.29, 1.82) is 0 Å². The van der Waals surface area contributed by atoms with Crippen molar-refractivity contribution in [1.82, 2.24) is 5.16 Å². The van der Waals surface area contributed by atoms with Gasteiger partial charge in [0.25, 0.3) is 5.88 Å². The first-order chi connectivity index (χ1) is 8.92. The van der Waals surface area contributed by atoms with Gasteiger partial charge in [0.1, 0.15) is 5.69 Å². The van der Waals surface area contributed by atoms with Gasteiger partial charge in [-0.3, -0.25) is 0 Å². The Balaban J connectivity index is 1.80. The van der Waals surface area contributed by atoms with E-state index in [9.17, 15) is 0 Å². The van der Waals surface area contributed by atoms with Gasteiger partial charge in [-0.25, -0.2) is 4.99 Å². The Morgan fingerprint density at radius 1 is 1.11 bits per heavy atom. The molecule has 0 fully saturated rings. The molecule has 0 radical (unpaired) electrons. The molecule has 88 valence electrons. The van der Waals surface area contributed by atoms with Crippen molar-refractivity contribution in [3.05, 3.63) is 59.5 Å². The number of aliphatic imine (C=N–C) groups is 1. The summed E-state index contributed by atoms with van der Waals surface area (Å²) in [7, 11) is 0. The topological polar surface area (TPSA) is 38.4 Å². The van der Waals surface area contributed by atoms with E-state index < -0.39 is 0 Å². The maximum absolute atomic E-state index is 5.17. The molecule has 0 spiro atoms. The van der Waals surface area contributed by atoms with Crippen LogP contribution >= 0.6 is 11.3 Å². The Morgan fingerprint density at radius 2 is 2.00 bits per heavy atom. The van der Waals surface area contributed by atoms with Crippen molar-refractivity contribution in [3.63, 3.8) is 0 Å². The molecule has 3 rings (SSSR count). The van der Waals surface area contributed by atoms with E-state index in [0.29, 0.717) is 5.88 Å². The van der Waals surface area contributed by atoms with Crippen molar-refractivity contribution >= 4 is 23.4 Å². The zero-order valence-electron chi connectivity index (χ0n) is 9.48. The highest BCUT2D eigenvalue weighted by Crippen LogP contribution is 2.26. The number of aromatic nitrogens is 1. The average Bonchev–Trinajstić information content (AvgIpc) is 3.08. The Labute approximate surface area is 108 Å². The minimum atomic E-state index is 0.516. The summed E-state index contributed by atoms with van der Waals surface area (Å²) in [4.78, 5) is 5.34. The molecule has 0 saturated heterocycles. The maximum Gasteiger partial charge on any atom is 0.251 e. The summed E-state index contributed by atoms with van der Waals surface area (Å²) < 4.78 is 5.17. The van der Waals surface area contributed by atoms with Crippen LogP contribution in [0.1, 0.15) is 5.56 Å². The molecule has 0 amide bonds. The molecule has 2 heterocycles. The van der Waals surface area contributed by atoms with Gasteiger partial charge in [0.15, 0.2) is 0 Å². The first-order valence-electron chi connectivity index (χ1n) is 5.51. The lowest BCUT2D eigenvalue weighted by molar-refractivity contribution is 0.433. The number of hydrogen-bond donors (Lipinski definition) is 0. The number of hydrogen-bond acceptors (Lipinski definition) is 4. The monoisotopic (exact) mass is 254 g/mol. The van der Waals surface area contributed by atoms with Crippen LogP contribution in [0.2, 0.25) is 0 Å². The second-order valence-electron chi connectivity index (χ2n) is 3.70. The number of rotatable bonds is 3. The second kappa shape index (κ2) is 4.98. The molecule has 2 aromatic heterocycles. The molecule has 0 atom stereocenters. The summed E-state index contributed by atoms with van der Waals surface area (Å²) in [6.07, 6.45) is 1.76. The Kier molecular flexibility index (Phi) is 3.02. The number of nitrogens with zero attached hydrogens (tertiary/aromatic N) is 2. The van der Waals surface area contributed by atoms with Crippen molar-refractivity contribution in [3.8, 4) is 10.6 Å². The van der Waals surface area contributed by atoms with Gasteiger partial charge in [-0.05, 0) is 17.0 Å². The minimum absolute atomic E-state index is 0.516. The predicted molar refractivity (Wildman–Crippen MR) is 73.5 cm³/mol. The molecule has 4 heteroatoms. The zero-order valence-corrected chi connectivity index (χ0v) is 10.3. The molecule has 0 aliphatic carbocycles. The zero-order chi connectivity index (χ0) is 12.2. The lowest BCUT2D eigenvalue weighted by atomic mass is 10.2. The Hall–Kier alpha value is -2.20. The second-order valence-corrected chi connectivity index (χ2v) is 4.64. The van der Waals surface area contributed by atoms with Crippen molar-refractivity contribution in [2.45, 2.75) is 0 Å². The molecular weight excluding hydrogens is 244 g/mol. The first kappa shape index (κ1) is 10.9. The van der Waals surface area contributed by atoms with Gasteiger partial charge in [-0.1, -0.05) is 41.6 Å². The van der Waals surface area contributed by atoms with E-state index in [1.807, 2.05) is 53.9 Å². The van der Waals surface area contributed by atoms with Crippen LogP contribution in [0.25, 0.3) is 10.6 Å². The Morgan fingerprint density at radius 3 is 2.78 bits per heavy atom. The van der Waals surface area contributed by atoms with E-state index >= 15 is 0 Å². The van der Waals surface area contributed by atoms with Gasteiger partial charge < -0.3 is 4.52 Å². The van der Waals surface area contributed by atoms with Gasteiger partial charge in [-0.15, -0.1) is 11.3 Å². The summed E-state index contributed by atoms with van der Waals surface area (Å²) in [6.45, 7) is 0. The molecule has 3 aromatic rings. The normalized spacial score (nSPS) is 11.1. The number of thiophene rings is 1. The quantitative estimate of drug-likeness (QED) is 0.658. The molecule has 0 aliphatic heterocycles. The fraction of sp³-hybridized carbons (Fsp3) is 0. The standard InChI is InChI=1S/C14H10N2OS/c1-2-5-11(6-3-1)10-15-14-9-12(16-17-14)13-7-4-8-18-13/h1-10H. The summed E-state index contributed by atoms with van der Waals surface area (Å²) in [5.41, 5.74) is 1.86. The van der Waals surface area contributed by atoms with Crippen LogP contribution in [0.4, 0.5) is 5.88 Å². The van der Waals surface area contributed by atoms with E-state index in [4.69, 9.17) is 4.52 Å². The molecule has 3 nitrogen and oxygen atoms in total. The van der Waals surface area contributed by atoms with Crippen LogP contribution in [-0.2, 0) is 0 Å². The minimum Gasteiger partial charge on any atom is -0.336 e. The predicted octanol–water partition coefficient (Wildman–Crippen LogP) is 4.15. The van der Waals surface area contributed by atoms with E-state index in [1.165, 1.54) is 0 Å². The van der Waals surface area contributed by atoms with Crippen molar-refractivity contribution in [2.75, 3.05) is 0 Å². The van der Waals surface area contributed by atoms with Gasteiger partial charge in [0, 0.05) is 12.3 Å². The molecular formula is C14H10N2OS. The van der Waals surface area contributed by atoms with Gasteiger partial charge >= 0.3 is 0 Å². The smallest absolute Gasteiger partial charge is 0.251 e. The molecule has 0 aliphatic rings. The largest absolute Gasteiger partial charge is 0.336 e. The van der Waals surface area contributed by atoms with Gasteiger partial charge in [0.05, 0.1) is 4.88 Å². The van der Waals surface area contributed by atoms with Crippen molar-refractivity contribution in [2.24, 2.45) is 4.99 Å². The first-order valence-corrected chi connectivity index (χ1v) is 6.39. The number of benzene rings is 1. The highest BCUT2D eigenvalue weighted by molar-refractivity contribution is 7.13. The van der Waals surface area contributed by atoms with Gasteiger partial charge in [-0.2, -0.15) is 0 Å². The Bertz CT molecular complexity index is 642. The highest BCUT2D eigenvalue weighted by Gasteiger charge is 2.05. The fourth-order valence-corrected chi connectivity index (χ4v) is 2.22. The third-order valence-electron chi connectivity index (χ3n) is 2.41. The third kappa shape index (κ3) is 2.38. The van der Waals surface area contributed by atoms with Crippen LogP contribution in [0.3, 0.4) is 0 Å². The SMILES string of the molecule is C(=Nc1cc(-c2cccs2)no1)c1ccccc1. The van der Waals surface area contributed by atoms with E-state index in [1.54, 1.807) is 17.6 Å². The summed E-state index contributed by atoms with van der Waals surface area (Å²) in [5, 5.41) is 6.00. The molecule has 1 aromatic carbocycles. The molecule has 0 saturated carbocycles.